The average molecular weight is 655 g/mol. The van der Waals surface area contributed by atoms with Crippen LogP contribution < -0.4 is 40.8 Å². The fourth-order valence-electron chi connectivity index (χ4n) is 4.99. The third kappa shape index (κ3) is 8.70. The smallest absolute Gasteiger partial charge is 0.406 e. The zero-order chi connectivity index (χ0) is 33.3. The molecule has 0 aliphatic heterocycles. The van der Waals surface area contributed by atoms with E-state index in [0.717, 1.165) is 48.5 Å². The Balaban J connectivity index is 1.98. The molecule has 4 aromatic carbocycles. The predicted octanol–water partition coefficient (Wildman–Crippen LogP) is 6.66. The second kappa shape index (κ2) is 12.0. The fourth-order valence-corrected chi connectivity index (χ4v) is 4.99. The molecule has 0 atom stereocenters. The van der Waals surface area contributed by atoms with Crippen LogP contribution in [-0.2, 0) is 0 Å². The van der Waals surface area contributed by atoms with Crippen molar-refractivity contribution in [2.24, 2.45) is 0 Å². The van der Waals surface area contributed by atoms with E-state index >= 15 is 0 Å². The standard InChI is InChI=1S/C28H16BF12O4/c30-25(31,32)42-21-9-1-17(2-10-21)29(18-3-11-22(12-4-18)43-26(33,34)35,19-5-13-23(14-6-19)44-27(36,37)38)20-7-15-24(16-8-20)45-28(39,40)41/h1-16H/q-1. The summed E-state index contributed by atoms with van der Waals surface area (Å²) in [5.74, 6) is -2.64. The molecule has 4 nitrogen and oxygen atoms in total. The lowest BCUT2D eigenvalue weighted by Crippen LogP contribution is -2.74. The molecule has 45 heavy (non-hydrogen) atoms. The van der Waals surface area contributed by atoms with Gasteiger partial charge < -0.3 is 18.9 Å². The molecule has 4 rings (SSSR count). The van der Waals surface area contributed by atoms with Crippen LogP contribution in [0.4, 0.5) is 52.7 Å². The van der Waals surface area contributed by atoms with Gasteiger partial charge >= 0.3 is 25.4 Å². The number of ether oxygens (including phenoxy) is 4. The monoisotopic (exact) mass is 655 g/mol. The molecule has 0 heterocycles. The quantitative estimate of drug-likeness (QED) is 0.157. The Morgan fingerprint density at radius 3 is 0.578 bits per heavy atom. The summed E-state index contributed by atoms with van der Waals surface area (Å²) in [6.07, 6.45) is -23.0. The Morgan fingerprint density at radius 1 is 0.289 bits per heavy atom. The van der Waals surface area contributed by atoms with Crippen molar-refractivity contribution in [3.8, 4) is 23.0 Å². The van der Waals surface area contributed by atoms with E-state index in [4.69, 9.17) is 0 Å². The zero-order valence-electron chi connectivity index (χ0n) is 22.0. The molecule has 17 heteroatoms. The summed E-state index contributed by atoms with van der Waals surface area (Å²) in [7, 11) is 0. The first-order valence-corrected chi connectivity index (χ1v) is 12.3. The fraction of sp³-hybridized carbons (Fsp3) is 0.143. The maximum Gasteiger partial charge on any atom is 0.573 e. The molecule has 0 bridgehead atoms. The van der Waals surface area contributed by atoms with Crippen LogP contribution >= 0.6 is 0 Å². The molecule has 0 saturated heterocycles. The van der Waals surface area contributed by atoms with Crippen LogP contribution in [0.3, 0.4) is 0 Å². The second-order valence-electron chi connectivity index (χ2n) is 9.33. The maximum absolute atomic E-state index is 12.8. The van der Waals surface area contributed by atoms with Gasteiger partial charge in [0.25, 0.3) is 0 Å². The first-order chi connectivity index (χ1) is 20.7. The largest absolute Gasteiger partial charge is 0.573 e. The minimum Gasteiger partial charge on any atom is -0.406 e. The van der Waals surface area contributed by atoms with Gasteiger partial charge in [-0.25, -0.2) is 0 Å². The molecule has 0 radical (unpaired) electrons. The SMILES string of the molecule is FC(F)(F)Oc1ccc([B-](c2ccc(OC(F)(F)F)cc2)(c2ccc(OC(F)(F)F)cc2)c2ccc(OC(F)(F)F)cc2)cc1. The van der Waals surface area contributed by atoms with Crippen molar-refractivity contribution in [2.45, 2.75) is 25.4 Å². The van der Waals surface area contributed by atoms with Crippen molar-refractivity contribution in [2.75, 3.05) is 0 Å². The zero-order valence-corrected chi connectivity index (χ0v) is 22.0. The van der Waals surface area contributed by atoms with Crippen molar-refractivity contribution >= 4 is 28.0 Å². The number of rotatable bonds is 8. The van der Waals surface area contributed by atoms with Gasteiger partial charge in [-0.15, -0.1) is 52.7 Å². The maximum atomic E-state index is 12.8. The second-order valence-corrected chi connectivity index (χ2v) is 9.33. The van der Waals surface area contributed by atoms with E-state index in [0.29, 0.717) is 0 Å². The van der Waals surface area contributed by atoms with Crippen LogP contribution in [-0.4, -0.2) is 31.6 Å². The molecule has 0 aliphatic rings. The lowest BCUT2D eigenvalue weighted by atomic mass is 9.13. The molecule has 0 amide bonds. The predicted molar refractivity (Wildman–Crippen MR) is 137 cm³/mol. The Morgan fingerprint density at radius 2 is 0.444 bits per heavy atom. The van der Waals surface area contributed by atoms with Crippen LogP contribution in [0.5, 0.6) is 23.0 Å². The molecule has 0 unspecified atom stereocenters. The Bertz CT molecular complexity index is 1320. The summed E-state index contributed by atoms with van der Waals surface area (Å²) in [4.78, 5) is 0. The van der Waals surface area contributed by atoms with Gasteiger partial charge in [0.05, 0.1) is 0 Å². The summed E-state index contributed by atoms with van der Waals surface area (Å²) >= 11 is 0. The van der Waals surface area contributed by atoms with Gasteiger partial charge in [-0.3, -0.25) is 0 Å². The van der Waals surface area contributed by atoms with E-state index in [1.165, 1.54) is 48.5 Å². The van der Waals surface area contributed by atoms with E-state index in [2.05, 4.69) is 18.9 Å². The van der Waals surface area contributed by atoms with Crippen molar-refractivity contribution < 1.29 is 71.6 Å². The van der Waals surface area contributed by atoms with Gasteiger partial charge in [0, 0.05) is 0 Å². The Kier molecular flexibility index (Phi) is 8.86. The molecule has 0 fully saturated rings. The van der Waals surface area contributed by atoms with Gasteiger partial charge in [-0.05, 0) is 48.5 Å². The summed E-state index contributed by atoms with van der Waals surface area (Å²) in [6.45, 7) is 0. The van der Waals surface area contributed by atoms with Gasteiger partial charge in [0.1, 0.15) is 29.1 Å². The molecule has 0 aromatic heterocycles. The van der Waals surface area contributed by atoms with Gasteiger partial charge in [-0.2, -0.15) is 21.9 Å². The van der Waals surface area contributed by atoms with Gasteiger partial charge in [-0.1, -0.05) is 48.5 Å². The summed E-state index contributed by atoms with van der Waals surface area (Å²) in [6, 6.07) is 16.7. The summed E-state index contributed by atoms with van der Waals surface area (Å²) in [5.41, 5.74) is 0.567. The molecular weight excluding hydrogens is 639 g/mol. The summed E-state index contributed by atoms with van der Waals surface area (Å²) in [5, 5.41) is 0. The highest BCUT2D eigenvalue weighted by Gasteiger charge is 2.36. The molecule has 4 aromatic rings. The first-order valence-electron chi connectivity index (χ1n) is 12.3. The Hall–Kier alpha value is -4.70. The van der Waals surface area contributed by atoms with E-state index in [-0.39, 0.29) is 21.9 Å². The highest BCUT2D eigenvalue weighted by atomic mass is 19.4. The molecule has 0 N–H and O–H groups in total. The minimum absolute atomic E-state index is 0.142. The normalized spacial score (nSPS) is 12.9. The number of benzene rings is 4. The van der Waals surface area contributed by atoms with Crippen LogP contribution in [0.2, 0.25) is 0 Å². The van der Waals surface area contributed by atoms with Crippen molar-refractivity contribution in [1.82, 2.24) is 0 Å². The van der Waals surface area contributed by atoms with Crippen LogP contribution in [0.1, 0.15) is 0 Å². The third-order valence-electron chi connectivity index (χ3n) is 6.45. The van der Waals surface area contributed by atoms with E-state index in [9.17, 15) is 52.7 Å². The van der Waals surface area contributed by atoms with E-state index in [1.54, 1.807) is 0 Å². The van der Waals surface area contributed by atoms with E-state index < -0.39 is 54.6 Å². The average Bonchev–Trinajstić information content (AvgIpc) is 2.89. The van der Waals surface area contributed by atoms with Gasteiger partial charge in [0.2, 0.25) is 0 Å². The number of hydrogen-bond donors (Lipinski definition) is 0. The van der Waals surface area contributed by atoms with Crippen LogP contribution in [0.25, 0.3) is 0 Å². The van der Waals surface area contributed by atoms with Crippen molar-refractivity contribution in [1.29, 1.82) is 0 Å². The van der Waals surface area contributed by atoms with Crippen molar-refractivity contribution in [3.63, 3.8) is 0 Å². The third-order valence-corrected chi connectivity index (χ3v) is 6.45. The van der Waals surface area contributed by atoms with Crippen molar-refractivity contribution in [3.05, 3.63) is 97.1 Å². The lowest BCUT2D eigenvalue weighted by molar-refractivity contribution is -0.275. The topological polar surface area (TPSA) is 36.9 Å². The lowest BCUT2D eigenvalue weighted by Gasteiger charge is -2.44. The summed E-state index contributed by atoms with van der Waals surface area (Å²) < 4.78 is 170. The van der Waals surface area contributed by atoms with Gasteiger partial charge in [0.15, 0.2) is 0 Å². The molecule has 0 saturated carbocycles. The molecule has 0 spiro atoms. The van der Waals surface area contributed by atoms with E-state index in [1.807, 2.05) is 0 Å². The van der Waals surface area contributed by atoms with Crippen LogP contribution in [0, 0.1) is 0 Å². The highest BCUT2D eigenvalue weighted by Crippen LogP contribution is 2.27. The molecule has 240 valence electrons. The Labute approximate surface area is 245 Å². The molecular formula is C28H16BF12O4-. The molecule has 0 aliphatic carbocycles. The number of alkyl halides is 12. The first kappa shape index (κ1) is 33.2. The minimum atomic E-state index is -5.07. The highest BCUT2D eigenvalue weighted by molar-refractivity contribution is 7.19. The number of hydrogen-bond acceptors (Lipinski definition) is 4. The number of halogens is 12. The van der Waals surface area contributed by atoms with Crippen LogP contribution in [0.15, 0.2) is 97.1 Å².